The van der Waals surface area contributed by atoms with Gasteiger partial charge in [0.25, 0.3) is 0 Å². The number of aliphatic hydroxyl groups is 3. The topological polar surface area (TPSA) is 151 Å². The summed E-state index contributed by atoms with van der Waals surface area (Å²) >= 11 is 5.37. The van der Waals surface area contributed by atoms with Gasteiger partial charge >= 0.3 is 0 Å². The average molecular weight is 1740 g/mol. The zero-order valence-electron chi connectivity index (χ0n) is 50.2. The Balaban J connectivity index is 0.000000237. The maximum atomic E-state index is 10.0. The second-order valence-corrected chi connectivity index (χ2v) is 23.6. The van der Waals surface area contributed by atoms with Crippen molar-refractivity contribution in [2.45, 2.75) is 83.1 Å². The van der Waals surface area contributed by atoms with E-state index in [9.17, 15) is 14.4 Å². The van der Waals surface area contributed by atoms with Gasteiger partial charge in [0, 0.05) is 126 Å². The molecule has 6 aromatic carbocycles. The molecule has 0 atom stereocenters. The number of aromatic nitrogens is 3. The molecule has 12 aromatic rings. The number of aliphatic hydroxyl groups excluding tert-OH is 3. The molecule has 3 radical (unpaired) electrons. The van der Waals surface area contributed by atoms with Crippen LogP contribution in [0.1, 0.15) is 74.9 Å². The summed E-state index contributed by atoms with van der Waals surface area (Å²) in [4.78, 5) is 45.3. The molecule has 6 heterocycles. The Kier molecular flexibility index (Phi) is 28.3. The Labute approximate surface area is 561 Å². The fourth-order valence-corrected chi connectivity index (χ4v) is 12.7. The molecule has 453 valence electrons. The molecule has 0 aliphatic rings. The maximum Gasteiger partial charge on any atom is 0.155 e. The number of ketones is 3. The summed E-state index contributed by atoms with van der Waals surface area (Å²) < 4.78 is 6.41. The molecular weight excluding hydrogens is 1680 g/mol. The Morgan fingerprint density at radius 3 is 1.29 bits per heavy atom. The van der Waals surface area contributed by atoms with Crippen LogP contribution in [0.3, 0.4) is 0 Å². The summed E-state index contributed by atoms with van der Waals surface area (Å²) in [5.41, 5.74) is 13.5. The standard InChI is InChI=1S/3C19H14NS.3C5H8O2.3Ir/c1-12-7-13(2)9-14(8-12)17-10-16-15-5-3-4-6-18(15)21-19(16)11-20-17;1-12-9-13(2)11-14(10-12)17-8-7-16-15-5-3-4-6-18(15)21-19(16)20-17;1-12-9-13(2)11-14(10-12)18-19-16(7-8-20-18)15-5-3-4-6-17(15)21-19;3*1-4(6)3-5(2)7;;;/h3-8,10-11H,1-2H3;2*3-10H,1-2H3;3*3,6H,1-2H3;;;/q3*-1;;;;;;. The molecule has 0 bridgehead atoms. The molecule has 0 aliphatic carbocycles. The number of benzene rings is 6. The second kappa shape index (κ2) is 33.9. The SMILES string of the molecule is CC(=O)C=C(C)O.CC(=O)C=C(C)O.CC(=O)C=C(C)O.Cc1[c-]c(-c2cc3c(cn2)sc2ccccc23)cc(C)c1.Cc1[c-]c(-c2ccc3c(n2)sc2ccccc23)cc(C)c1.Cc1[c-]c(-c2nccc3c2sc2ccccc23)cc(C)c1.[Ir].[Ir].[Ir]. The molecule has 0 unspecified atom stereocenters. The van der Waals surface area contributed by atoms with Gasteiger partial charge in [-0.05, 0) is 98.7 Å². The number of carbonyl (C=O) groups excluding carboxylic acids is 3. The predicted molar refractivity (Wildman–Crippen MR) is 354 cm³/mol. The second-order valence-electron chi connectivity index (χ2n) is 20.4. The van der Waals surface area contributed by atoms with Crippen molar-refractivity contribution in [1.82, 2.24) is 15.0 Å². The fraction of sp³-hybridized carbons (Fsp3) is 0.167. The van der Waals surface area contributed by atoms with Gasteiger partial charge in [0.05, 0.1) is 22.0 Å². The molecule has 0 spiro atoms. The zero-order valence-corrected chi connectivity index (χ0v) is 59.9. The molecule has 0 aliphatic heterocycles. The Bertz CT molecular complexity index is 4330. The predicted octanol–water partition coefficient (Wildman–Crippen LogP) is 19.7. The van der Waals surface area contributed by atoms with E-state index < -0.39 is 0 Å². The third kappa shape index (κ3) is 20.8. The van der Waals surface area contributed by atoms with Crippen molar-refractivity contribution < 1.29 is 90.0 Å². The molecule has 12 rings (SSSR count). The number of fused-ring (bicyclic) bond motifs is 9. The van der Waals surface area contributed by atoms with E-state index in [1.54, 1.807) is 22.7 Å². The molecule has 0 saturated carbocycles. The normalized spacial score (nSPS) is 11.0. The van der Waals surface area contributed by atoms with Gasteiger partial charge in [-0.15, -0.1) is 139 Å². The first-order valence-corrected chi connectivity index (χ1v) is 29.4. The molecule has 0 saturated heterocycles. The molecule has 9 nitrogen and oxygen atoms in total. The third-order valence-electron chi connectivity index (χ3n) is 12.3. The van der Waals surface area contributed by atoms with Crippen LogP contribution in [-0.2, 0) is 74.7 Å². The first kappa shape index (κ1) is 72.5. The van der Waals surface area contributed by atoms with E-state index in [2.05, 4.69) is 203 Å². The number of hydrogen-bond donors (Lipinski definition) is 3. The summed E-state index contributed by atoms with van der Waals surface area (Å²) in [6.07, 6.45) is 7.39. The van der Waals surface area contributed by atoms with Crippen LogP contribution >= 0.6 is 34.0 Å². The van der Waals surface area contributed by atoms with Crippen LogP contribution in [0.5, 0.6) is 0 Å². The number of hydrogen-bond acceptors (Lipinski definition) is 12. The van der Waals surface area contributed by atoms with E-state index in [0.717, 1.165) is 55.3 Å². The van der Waals surface area contributed by atoms with Crippen LogP contribution in [-0.4, -0.2) is 47.6 Å². The van der Waals surface area contributed by atoms with Crippen LogP contribution in [0.25, 0.3) is 94.4 Å². The quantitative estimate of drug-likeness (QED) is 0.0840. The Hall–Kier alpha value is -6.99. The van der Waals surface area contributed by atoms with Crippen molar-refractivity contribution in [3.8, 4) is 33.8 Å². The summed E-state index contributed by atoms with van der Waals surface area (Å²) in [5, 5.41) is 32.8. The largest absolute Gasteiger partial charge is 0.512 e. The van der Waals surface area contributed by atoms with E-state index in [1.807, 2.05) is 23.7 Å². The number of thiophene rings is 3. The van der Waals surface area contributed by atoms with Crippen LogP contribution < -0.4 is 0 Å². The summed E-state index contributed by atoms with van der Waals surface area (Å²) in [6, 6.07) is 57.3. The van der Waals surface area contributed by atoms with Crippen LogP contribution in [0.15, 0.2) is 181 Å². The van der Waals surface area contributed by atoms with Gasteiger partial charge in [0.15, 0.2) is 17.3 Å². The minimum absolute atomic E-state index is 0. The molecular formula is C72H66Ir3N3O6S3-3. The van der Waals surface area contributed by atoms with Gasteiger partial charge in [0.1, 0.15) is 4.83 Å². The van der Waals surface area contributed by atoms with Crippen LogP contribution in [0.4, 0.5) is 0 Å². The van der Waals surface area contributed by atoms with Gasteiger partial charge in [0.2, 0.25) is 0 Å². The third-order valence-corrected chi connectivity index (χ3v) is 15.7. The molecule has 3 N–H and O–H groups in total. The summed E-state index contributed by atoms with van der Waals surface area (Å²) in [5.74, 6) is -0.187. The van der Waals surface area contributed by atoms with Crippen molar-refractivity contribution in [1.29, 1.82) is 0 Å². The number of carbonyl (C=O) groups is 3. The monoisotopic (exact) mass is 1740 g/mol. The number of aryl methyl sites for hydroxylation is 6. The molecule has 6 aromatic heterocycles. The summed E-state index contributed by atoms with van der Waals surface area (Å²) in [6.45, 7) is 21.1. The number of pyridine rings is 3. The van der Waals surface area contributed by atoms with Crippen LogP contribution in [0, 0.1) is 59.7 Å². The average Bonchev–Trinajstić information content (AvgIpc) is 3.57. The van der Waals surface area contributed by atoms with E-state index in [1.165, 1.54) is 132 Å². The minimum atomic E-state index is -0.125. The Morgan fingerprint density at radius 1 is 0.414 bits per heavy atom. The van der Waals surface area contributed by atoms with Crippen molar-refractivity contribution in [3.05, 3.63) is 233 Å². The van der Waals surface area contributed by atoms with E-state index in [0.29, 0.717) is 0 Å². The maximum absolute atomic E-state index is 10.0. The molecule has 0 fully saturated rings. The molecule has 0 amide bonds. The molecule has 15 heteroatoms. The zero-order chi connectivity index (χ0) is 60.8. The van der Waals surface area contributed by atoms with Crippen molar-refractivity contribution in [2.24, 2.45) is 0 Å². The van der Waals surface area contributed by atoms with E-state index in [4.69, 9.17) is 20.3 Å². The van der Waals surface area contributed by atoms with Gasteiger partial charge in [-0.25, -0.2) is 0 Å². The van der Waals surface area contributed by atoms with Crippen molar-refractivity contribution in [3.63, 3.8) is 0 Å². The van der Waals surface area contributed by atoms with Gasteiger partial charge in [-0.3, -0.25) is 19.4 Å². The smallest absolute Gasteiger partial charge is 0.155 e. The Morgan fingerprint density at radius 2 is 0.828 bits per heavy atom. The van der Waals surface area contributed by atoms with Gasteiger partial charge in [-0.2, -0.15) is 0 Å². The fourth-order valence-electron chi connectivity index (χ4n) is 9.35. The summed E-state index contributed by atoms with van der Waals surface area (Å²) in [7, 11) is 0. The van der Waals surface area contributed by atoms with Crippen LogP contribution in [0.2, 0.25) is 0 Å². The molecule has 87 heavy (non-hydrogen) atoms. The van der Waals surface area contributed by atoms with Crippen molar-refractivity contribution in [2.75, 3.05) is 0 Å². The first-order chi connectivity index (χ1) is 40.0. The van der Waals surface area contributed by atoms with E-state index >= 15 is 0 Å². The first-order valence-electron chi connectivity index (χ1n) is 27.0. The van der Waals surface area contributed by atoms with E-state index in [-0.39, 0.29) is 94.9 Å². The minimum Gasteiger partial charge on any atom is -0.512 e. The number of rotatable bonds is 6. The number of allylic oxidation sites excluding steroid dienone is 6. The number of nitrogens with zero attached hydrogens (tertiary/aromatic N) is 3. The van der Waals surface area contributed by atoms with Crippen molar-refractivity contribution >= 4 is 112 Å². The van der Waals surface area contributed by atoms with Gasteiger partial charge < -0.3 is 25.3 Å². The van der Waals surface area contributed by atoms with Gasteiger partial charge in [-0.1, -0.05) is 114 Å².